The first-order chi connectivity index (χ1) is 15.6. The van der Waals surface area contributed by atoms with E-state index in [0.29, 0.717) is 6.54 Å². The third kappa shape index (κ3) is 3.61. The largest absolute Gasteiger partial charge is 0.497 e. The van der Waals surface area contributed by atoms with Crippen LogP contribution in [-0.4, -0.2) is 48.0 Å². The zero-order chi connectivity index (χ0) is 22.2. The van der Waals surface area contributed by atoms with Crippen LogP contribution in [0.4, 0.5) is 4.79 Å². The quantitative estimate of drug-likeness (QED) is 0.794. The Balaban J connectivity index is 1.38. The molecule has 2 aromatic carbocycles. The molecule has 3 aliphatic rings. The summed E-state index contributed by atoms with van der Waals surface area (Å²) in [7, 11) is 1.68. The lowest BCUT2D eigenvalue weighted by molar-refractivity contribution is -0.148. The molecule has 168 valence electrons. The van der Waals surface area contributed by atoms with E-state index in [1.54, 1.807) is 7.11 Å². The van der Waals surface area contributed by atoms with Gasteiger partial charge in [-0.1, -0.05) is 36.4 Å². The number of likely N-dealkylation sites (tertiary alicyclic amines) is 1. The van der Waals surface area contributed by atoms with Crippen LogP contribution in [0.3, 0.4) is 0 Å². The maximum Gasteiger partial charge on any atom is 0.318 e. The molecule has 3 heterocycles. The number of carbonyl (C=O) groups excluding carboxylic acids is 2. The molecule has 2 fully saturated rings. The number of hydrogen-bond acceptors (Lipinski definition) is 3. The van der Waals surface area contributed by atoms with Gasteiger partial charge in [0.15, 0.2) is 0 Å². The van der Waals surface area contributed by atoms with Crippen LogP contribution in [0.2, 0.25) is 0 Å². The van der Waals surface area contributed by atoms with E-state index in [2.05, 4.69) is 22.3 Å². The first-order valence-corrected chi connectivity index (χ1v) is 11.7. The van der Waals surface area contributed by atoms with Gasteiger partial charge in [-0.05, 0) is 61.4 Å². The van der Waals surface area contributed by atoms with E-state index >= 15 is 0 Å². The number of nitrogens with one attached hydrogen (secondary N) is 1. The van der Waals surface area contributed by atoms with Gasteiger partial charge in [-0.2, -0.15) is 0 Å². The number of fused-ring (bicyclic) bond motifs is 4. The van der Waals surface area contributed by atoms with Crippen LogP contribution in [0.15, 0.2) is 48.5 Å². The van der Waals surface area contributed by atoms with Gasteiger partial charge in [0.1, 0.15) is 5.75 Å². The molecule has 0 spiro atoms. The number of rotatable bonds is 3. The molecule has 2 aromatic rings. The van der Waals surface area contributed by atoms with Crippen molar-refractivity contribution in [2.75, 3.05) is 20.2 Å². The third-order valence-corrected chi connectivity index (χ3v) is 7.45. The monoisotopic (exact) mass is 433 g/mol. The Morgan fingerprint density at radius 2 is 1.97 bits per heavy atom. The lowest BCUT2D eigenvalue weighted by Gasteiger charge is -2.51. The highest BCUT2D eigenvalue weighted by atomic mass is 16.5. The number of benzene rings is 2. The number of ether oxygens (including phenoxy) is 1. The Labute approximate surface area is 189 Å². The van der Waals surface area contributed by atoms with Crippen molar-refractivity contribution in [3.8, 4) is 5.75 Å². The van der Waals surface area contributed by atoms with Gasteiger partial charge >= 0.3 is 6.03 Å². The predicted octanol–water partition coefficient (Wildman–Crippen LogP) is 4.08. The molecule has 0 saturated carbocycles. The second kappa shape index (κ2) is 8.49. The maximum absolute atomic E-state index is 13.5. The summed E-state index contributed by atoms with van der Waals surface area (Å²) < 4.78 is 5.40. The molecule has 0 aliphatic carbocycles. The molecular weight excluding hydrogens is 402 g/mol. The molecule has 6 heteroatoms. The predicted molar refractivity (Wildman–Crippen MR) is 122 cm³/mol. The Morgan fingerprint density at radius 3 is 2.75 bits per heavy atom. The van der Waals surface area contributed by atoms with Gasteiger partial charge in [-0.3, -0.25) is 4.79 Å². The third-order valence-electron chi connectivity index (χ3n) is 7.45. The van der Waals surface area contributed by atoms with E-state index < -0.39 is 0 Å². The van der Waals surface area contributed by atoms with E-state index in [-0.39, 0.29) is 36.0 Å². The SMILES string of the molecule is COc1ccc2c(c1)CCN1C(=O)[C@H]3CCCN(C(=O)N[C@H](C)c4ccccc4)[C@H]3C[C@@H]21. The fraction of sp³-hybridized carbons (Fsp3) is 0.462. The minimum atomic E-state index is -0.0995. The van der Waals surface area contributed by atoms with Crippen molar-refractivity contribution in [1.82, 2.24) is 15.1 Å². The summed E-state index contributed by atoms with van der Waals surface area (Å²) in [5.74, 6) is 0.963. The Bertz CT molecular complexity index is 1010. The molecular formula is C26H31N3O3. The summed E-state index contributed by atoms with van der Waals surface area (Å²) in [6.07, 6.45) is 3.38. The van der Waals surface area contributed by atoms with E-state index in [4.69, 9.17) is 4.74 Å². The summed E-state index contributed by atoms with van der Waals surface area (Å²) >= 11 is 0. The molecule has 0 unspecified atom stereocenters. The summed E-state index contributed by atoms with van der Waals surface area (Å²) in [5.41, 5.74) is 3.53. The second-order valence-corrected chi connectivity index (χ2v) is 9.19. The minimum Gasteiger partial charge on any atom is -0.497 e. The van der Waals surface area contributed by atoms with Crippen molar-refractivity contribution in [3.05, 3.63) is 65.2 Å². The van der Waals surface area contributed by atoms with Crippen LogP contribution in [0, 0.1) is 5.92 Å². The highest BCUT2D eigenvalue weighted by Gasteiger charge is 2.48. The van der Waals surface area contributed by atoms with Crippen molar-refractivity contribution in [2.24, 2.45) is 5.92 Å². The van der Waals surface area contributed by atoms with Crippen molar-refractivity contribution in [3.63, 3.8) is 0 Å². The first-order valence-electron chi connectivity index (χ1n) is 11.7. The van der Waals surface area contributed by atoms with Crippen LogP contribution < -0.4 is 10.1 Å². The first kappa shape index (κ1) is 20.9. The molecule has 3 amide bonds. The molecule has 4 atom stereocenters. The molecule has 0 bridgehead atoms. The molecule has 1 N–H and O–H groups in total. The Hall–Kier alpha value is -3.02. The van der Waals surface area contributed by atoms with Gasteiger partial charge in [0.05, 0.1) is 25.1 Å². The summed E-state index contributed by atoms with van der Waals surface area (Å²) in [4.78, 5) is 30.8. The number of urea groups is 1. The van der Waals surface area contributed by atoms with Crippen LogP contribution in [0.1, 0.15) is 55.0 Å². The van der Waals surface area contributed by atoms with Crippen LogP contribution in [0.5, 0.6) is 5.75 Å². The smallest absolute Gasteiger partial charge is 0.318 e. The van der Waals surface area contributed by atoms with E-state index in [1.165, 1.54) is 11.1 Å². The number of amides is 3. The number of nitrogens with zero attached hydrogens (tertiary/aromatic N) is 2. The standard InChI is InChI=1S/C26H31N3O3/c1-17(18-7-4-3-5-8-18)27-26(31)29-13-6-9-22-24(29)16-23-21-11-10-20(32-2)15-19(21)12-14-28(23)25(22)30/h3-5,7-8,10-11,15,17,22-24H,6,9,12-14,16H2,1-2H3,(H,27,31)/t17-,22+,23+,24+/m1/s1. The van der Waals surface area contributed by atoms with Crippen LogP contribution in [0.25, 0.3) is 0 Å². The number of carbonyl (C=O) groups is 2. The van der Waals surface area contributed by atoms with E-state index in [9.17, 15) is 9.59 Å². The van der Waals surface area contributed by atoms with Crippen LogP contribution in [-0.2, 0) is 11.2 Å². The average molecular weight is 434 g/mol. The molecule has 2 saturated heterocycles. The number of methoxy groups -OCH3 is 1. The normalized spacial score (nSPS) is 25.3. The molecule has 3 aliphatic heterocycles. The van der Waals surface area contributed by atoms with Crippen molar-refractivity contribution >= 4 is 11.9 Å². The molecule has 5 rings (SSSR count). The summed E-state index contributed by atoms with van der Waals surface area (Å²) in [5, 5.41) is 3.17. The average Bonchev–Trinajstić information content (AvgIpc) is 2.83. The number of piperidine rings is 2. The highest BCUT2D eigenvalue weighted by molar-refractivity contribution is 5.84. The van der Waals surface area contributed by atoms with Gasteiger partial charge in [0, 0.05) is 19.1 Å². The topological polar surface area (TPSA) is 61.9 Å². The number of hydrogen-bond donors (Lipinski definition) is 1. The molecule has 6 nitrogen and oxygen atoms in total. The van der Waals surface area contributed by atoms with Crippen molar-refractivity contribution < 1.29 is 14.3 Å². The summed E-state index contributed by atoms with van der Waals surface area (Å²) in [6.45, 7) is 3.45. The molecule has 0 radical (unpaired) electrons. The summed E-state index contributed by atoms with van der Waals surface area (Å²) in [6, 6.07) is 16.0. The van der Waals surface area contributed by atoms with E-state index in [1.807, 2.05) is 48.2 Å². The minimum absolute atomic E-state index is 0.0263. The lowest BCUT2D eigenvalue weighted by Crippen LogP contribution is -2.61. The maximum atomic E-state index is 13.5. The van der Waals surface area contributed by atoms with Gasteiger partial charge in [0.2, 0.25) is 5.91 Å². The van der Waals surface area contributed by atoms with Gasteiger partial charge in [-0.15, -0.1) is 0 Å². The molecule has 32 heavy (non-hydrogen) atoms. The molecule has 0 aromatic heterocycles. The van der Waals surface area contributed by atoms with Crippen molar-refractivity contribution in [2.45, 2.75) is 50.7 Å². The highest BCUT2D eigenvalue weighted by Crippen LogP contribution is 2.44. The van der Waals surface area contributed by atoms with Crippen molar-refractivity contribution in [1.29, 1.82) is 0 Å². The fourth-order valence-electron chi connectivity index (χ4n) is 5.76. The van der Waals surface area contributed by atoms with Gasteiger partial charge < -0.3 is 19.9 Å². The Kier molecular flexibility index (Phi) is 5.53. The fourth-order valence-corrected chi connectivity index (χ4v) is 5.76. The lowest BCUT2D eigenvalue weighted by atomic mass is 9.76. The van der Waals surface area contributed by atoms with Gasteiger partial charge in [0.25, 0.3) is 0 Å². The Morgan fingerprint density at radius 1 is 1.16 bits per heavy atom. The second-order valence-electron chi connectivity index (χ2n) is 9.19. The van der Waals surface area contributed by atoms with E-state index in [0.717, 1.165) is 43.5 Å². The van der Waals surface area contributed by atoms with Gasteiger partial charge in [-0.25, -0.2) is 4.79 Å². The van der Waals surface area contributed by atoms with Crippen LogP contribution >= 0.6 is 0 Å². The zero-order valence-electron chi connectivity index (χ0n) is 18.8. The zero-order valence-corrected chi connectivity index (χ0v) is 18.8.